The summed E-state index contributed by atoms with van der Waals surface area (Å²) in [7, 11) is 0. The third-order valence-corrected chi connectivity index (χ3v) is 2.31. The SMILES string of the molecule is Nc1nc(N2CCOCC2)[nH]c(=O)c1N=O. The van der Waals surface area contributed by atoms with Crippen LogP contribution in [0.25, 0.3) is 0 Å². The molecule has 0 radical (unpaired) electrons. The van der Waals surface area contributed by atoms with Gasteiger partial charge in [0.1, 0.15) is 0 Å². The molecule has 8 heteroatoms. The molecule has 2 rings (SSSR count). The Morgan fingerprint density at radius 1 is 1.44 bits per heavy atom. The second-order valence-corrected chi connectivity index (χ2v) is 3.31. The van der Waals surface area contributed by atoms with Gasteiger partial charge in [0.05, 0.1) is 13.2 Å². The Labute approximate surface area is 90.4 Å². The van der Waals surface area contributed by atoms with Crippen LogP contribution in [0.5, 0.6) is 0 Å². The van der Waals surface area contributed by atoms with Crippen LogP contribution in [0.4, 0.5) is 17.5 Å². The number of nitrogens with two attached hydrogens (primary N) is 1. The molecule has 0 saturated carbocycles. The molecular formula is C8H11N5O3. The van der Waals surface area contributed by atoms with Gasteiger partial charge in [-0.3, -0.25) is 9.78 Å². The molecule has 1 saturated heterocycles. The molecule has 0 bridgehead atoms. The molecule has 1 aromatic heterocycles. The summed E-state index contributed by atoms with van der Waals surface area (Å²) in [5.74, 6) is 0.193. The summed E-state index contributed by atoms with van der Waals surface area (Å²) in [4.78, 5) is 29.9. The van der Waals surface area contributed by atoms with Crippen LogP contribution in [0, 0.1) is 4.91 Å². The van der Waals surface area contributed by atoms with Gasteiger partial charge in [-0.25, -0.2) is 0 Å². The van der Waals surface area contributed by atoms with Gasteiger partial charge in [0.15, 0.2) is 5.82 Å². The zero-order valence-electron chi connectivity index (χ0n) is 8.47. The predicted octanol–water partition coefficient (Wildman–Crippen LogP) is -0.413. The standard InChI is InChI=1S/C8H11N5O3/c9-6-5(12-15)7(14)11-8(10-6)13-1-3-16-4-2-13/h1-4H2,(H3,9,10,11,14). The summed E-state index contributed by atoms with van der Waals surface area (Å²) in [5.41, 5.74) is 4.46. The first kappa shape index (κ1) is 10.6. The molecule has 0 unspecified atom stereocenters. The maximum atomic E-state index is 11.4. The maximum Gasteiger partial charge on any atom is 0.284 e. The molecule has 86 valence electrons. The monoisotopic (exact) mass is 225 g/mol. The summed E-state index contributed by atoms with van der Waals surface area (Å²) in [6.45, 7) is 2.38. The highest BCUT2D eigenvalue weighted by Gasteiger charge is 2.16. The quantitative estimate of drug-likeness (QED) is 0.661. The van der Waals surface area contributed by atoms with Gasteiger partial charge >= 0.3 is 0 Å². The number of hydrogen-bond acceptors (Lipinski definition) is 7. The molecular weight excluding hydrogens is 214 g/mol. The fraction of sp³-hybridized carbons (Fsp3) is 0.500. The minimum atomic E-state index is -0.621. The smallest absolute Gasteiger partial charge is 0.284 e. The predicted molar refractivity (Wildman–Crippen MR) is 57.8 cm³/mol. The first-order valence-electron chi connectivity index (χ1n) is 4.78. The number of hydrogen-bond donors (Lipinski definition) is 2. The molecule has 2 heterocycles. The number of anilines is 2. The van der Waals surface area contributed by atoms with Crippen molar-refractivity contribution in [3.63, 3.8) is 0 Å². The zero-order chi connectivity index (χ0) is 11.5. The van der Waals surface area contributed by atoms with E-state index in [1.807, 2.05) is 4.90 Å². The molecule has 8 nitrogen and oxygen atoms in total. The average Bonchev–Trinajstić information content (AvgIpc) is 2.30. The summed E-state index contributed by atoms with van der Waals surface area (Å²) < 4.78 is 5.17. The number of aromatic nitrogens is 2. The van der Waals surface area contributed by atoms with Crippen LogP contribution in [0.15, 0.2) is 9.97 Å². The van der Waals surface area contributed by atoms with Crippen molar-refractivity contribution < 1.29 is 4.74 Å². The normalized spacial score (nSPS) is 16.1. The lowest BCUT2D eigenvalue weighted by atomic mass is 10.4. The Morgan fingerprint density at radius 2 is 2.12 bits per heavy atom. The van der Waals surface area contributed by atoms with E-state index >= 15 is 0 Å². The van der Waals surface area contributed by atoms with Crippen LogP contribution >= 0.6 is 0 Å². The van der Waals surface area contributed by atoms with Crippen LogP contribution in [0.2, 0.25) is 0 Å². The van der Waals surface area contributed by atoms with Crippen LogP contribution in [0.1, 0.15) is 0 Å². The topological polar surface area (TPSA) is 114 Å². The minimum Gasteiger partial charge on any atom is -0.382 e. The third kappa shape index (κ3) is 1.87. The number of aromatic amines is 1. The highest BCUT2D eigenvalue weighted by Crippen LogP contribution is 2.16. The van der Waals surface area contributed by atoms with E-state index in [0.29, 0.717) is 32.3 Å². The summed E-state index contributed by atoms with van der Waals surface area (Å²) in [6.07, 6.45) is 0. The summed E-state index contributed by atoms with van der Waals surface area (Å²) >= 11 is 0. The van der Waals surface area contributed by atoms with Crippen LogP contribution in [-0.4, -0.2) is 36.3 Å². The fourth-order valence-corrected chi connectivity index (χ4v) is 1.49. The zero-order valence-corrected chi connectivity index (χ0v) is 8.47. The number of morpholine rings is 1. The lowest BCUT2D eigenvalue weighted by molar-refractivity contribution is 0.122. The van der Waals surface area contributed by atoms with E-state index in [-0.39, 0.29) is 11.5 Å². The van der Waals surface area contributed by atoms with Crippen molar-refractivity contribution in [2.75, 3.05) is 36.9 Å². The van der Waals surface area contributed by atoms with Gasteiger partial charge in [-0.1, -0.05) is 0 Å². The van der Waals surface area contributed by atoms with E-state index in [9.17, 15) is 9.70 Å². The van der Waals surface area contributed by atoms with E-state index in [1.54, 1.807) is 0 Å². The minimum absolute atomic E-state index is 0.153. The molecule has 1 aliphatic rings. The largest absolute Gasteiger partial charge is 0.382 e. The van der Waals surface area contributed by atoms with E-state index < -0.39 is 5.56 Å². The van der Waals surface area contributed by atoms with Crippen molar-refractivity contribution in [1.82, 2.24) is 9.97 Å². The number of nitrogen functional groups attached to an aromatic ring is 1. The number of ether oxygens (including phenoxy) is 1. The number of H-pyrrole nitrogens is 1. The van der Waals surface area contributed by atoms with Crippen molar-refractivity contribution in [2.24, 2.45) is 5.18 Å². The Balaban J connectivity index is 2.35. The molecule has 0 aliphatic carbocycles. The molecule has 1 fully saturated rings. The molecule has 0 aromatic carbocycles. The van der Waals surface area contributed by atoms with E-state index in [0.717, 1.165) is 0 Å². The first-order chi connectivity index (χ1) is 7.72. The van der Waals surface area contributed by atoms with E-state index in [1.165, 1.54) is 0 Å². The van der Waals surface area contributed by atoms with Crippen molar-refractivity contribution in [2.45, 2.75) is 0 Å². The van der Waals surface area contributed by atoms with Crippen LogP contribution < -0.4 is 16.2 Å². The molecule has 0 spiro atoms. The Morgan fingerprint density at radius 3 is 2.69 bits per heavy atom. The van der Waals surface area contributed by atoms with Gasteiger partial charge < -0.3 is 15.4 Å². The molecule has 1 aliphatic heterocycles. The average molecular weight is 225 g/mol. The van der Waals surface area contributed by atoms with E-state index in [4.69, 9.17) is 10.5 Å². The second kappa shape index (κ2) is 4.27. The highest BCUT2D eigenvalue weighted by atomic mass is 16.5. The van der Waals surface area contributed by atoms with Gasteiger partial charge in [-0.15, -0.1) is 4.91 Å². The molecule has 3 N–H and O–H groups in total. The number of nitrogens with zero attached hydrogens (tertiary/aromatic N) is 3. The first-order valence-corrected chi connectivity index (χ1v) is 4.78. The van der Waals surface area contributed by atoms with Gasteiger partial charge in [0.25, 0.3) is 5.56 Å². The van der Waals surface area contributed by atoms with Crippen molar-refractivity contribution in [1.29, 1.82) is 0 Å². The van der Waals surface area contributed by atoms with Crippen LogP contribution in [0.3, 0.4) is 0 Å². The summed E-state index contributed by atoms with van der Waals surface area (Å²) in [5, 5.41) is 2.53. The number of nitrogens with one attached hydrogen (secondary N) is 1. The lowest BCUT2D eigenvalue weighted by Gasteiger charge is -2.27. The summed E-state index contributed by atoms with van der Waals surface area (Å²) in [6, 6.07) is 0. The fourth-order valence-electron chi connectivity index (χ4n) is 1.49. The number of rotatable bonds is 2. The Kier molecular flexibility index (Phi) is 2.82. The molecule has 0 amide bonds. The third-order valence-electron chi connectivity index (χ3n) is 2.31. The van der Waals surface area contributed by atoms with Gasteiger partial charge in [0, 0.05) is 13.1 Å². The Hall–Kier alpha value is -1.96. The van der Waals surface area contributed by atoms with E-state index in [2.05, 4.69) is 15.1 Å². The molecule has 1 aromatic rings. The van der Waals surface area contributed by atoms with Gasteiger partial charge in [-0.2, -0.15) is 4.98 Å². The molecule has 0 atom stereocenters. The lowest BCUT2D eigenvalue weighted by Crippen LogP contribution is -2.38. The van der Waals surface area contributed by atoms with Crippen molar-refractivity contribution in [3.8, 4) is 0 Å². The second-order valence-electron chi connectivity index (χ2n) is 3.31. The van der Waals surface area contributed by atoms with Crippen LogP contribution in [-0.2, 0) is 4.74 Å². The Bertz CT molecular complexity index is 451. The highest BCUT2D eigenvalue weighted by molar-refractivity contribution is 5.57. The molecule has 16 heavy (non-hydrogen) atoms. The van der Waals surface area contributed by atoms with Crippen molar-refractivity contribution in [3.05, 3.63) is 15.3 Å². The van der Waals surface area contributed by atoms with Gasteiger partial charge in [0.2, 0.25) is 11.6 Å². The maximum absolute atomic E-state index is 11.4. The van der Waals surface area contributed by atoms with Gasteiger partial charge in [-0.05, 0) is 5.18 Å². The van der Waals surface area contributed by atoms with Crippen molar-refractivity contribution >= 4 is 17.5 Å². The number of nitroso groups, excluding NO2 is 1.